The van der Waals surface area contributed by atoms with Crippen LogP contribution in [0.15, 0.2) is 82.6 Å². The van der Waals surface area contributed by atoms with E-state index in [-0.39, 0.29) is 15.8 Å². The van der Waals surface area contributed by atoms with Crippen molar-refractivity contribution in [1.82, 2.24) is 10.3 Å². The summed E-state index contributed by atoms with van der Waals surface area (Å²) >= 11 is 0. The number of rotatable bonds is 7. The molecule has 1 amide bonds. The van der Waals surface area contributed by atoms with E-state index in [0.29, 0.717) is 48.9 Å². The van der Waals surface area contributed by atoms with Crippen LogP contribution >= 0.6 is 0 Å². The highest BCUT2D eigenvalue weighted by atomic mass is 32.2. The normalized spacial score (nSPS) is 12.8. The molecule has 184 valence electrons. The fraction of sp³-hybridized carbons (Fsp3) is 0.154. The molecule has 1 aromatic heterocycles. The Morgan fingerprint density at radius 1 is 0.944 bits per heavy atom. The number of hydrogen-bond acceptors (Lipinski definition) is 6. The number of aromatic nitrogens is 1. The van der Waals surface area contributed by atoms with Gasteiger partial charge in [0, 0.05) is 29.7 Å². The number of sulfonamides is 1. The molecule has 10 heteroatoms. The van der Waals surface area contributed by atoms with Gasteiger partial charge in [0.05, 0.1) is 10.6 Å². The highest BCUT2D eigenvalue weighted by Gasteiger charge is 2.20. The second kappa shape index (κ2) is 9.74. The number of aromatic amines is 1. The molecule has 1 aliphatic rings. The van der Waals surface area contributed by atoms with E-state index in [1.54, 1.807) is 12.1 Å². The third-order valence-corrected chi connectivity index (χ3v) is 7.12. The highest BCUT2D eigenvalue weighted by Crippen LogP contribution is 2.33. The fourth-order valence-corrected chi connectivity index (χ4v) is 4.99. The standard InChI is InChI=1S/C26H23N3O6S/c30-25-20-15-19(36(32,33)29-18-6-9-23-24(14-18)35-13-12-34-23)7-8-22(20)28-16-21(25)26(31)27-11-10-17-4-2-1-3-5-17/h1-9,14-16,29H,10-13H2,(H,27,31)(H,28,30). The van der Waals surface area contributed by atoms with E-state index in [1.165, 1.54) is 30.5 Å². The zero-order valence-electron chi connectivity index (χ0n) is 19.1. The summed E-state index contributed by atoms with van der Waals surface area (Å²) in [5.74, 6) is 0.451. The minimum atomic E-state index is -4.03. The summed E-state index contributed by atoms with van der Waals surface area (Å²) in [6, 6.07) is 18.5. The van der Waals surface area contributed by atoms with E-state index in [0.717, 1.165) is 5.56 Å². The summed E-state index contributed by atoms with van der Waals surface area (Å²) in [6.45, 7) is 1.16. The number of carbonyl (C=O) groups excluding carboxylic acids is 1. The van der Waals surface area contributed by atoms with Crippen molar-refractivity contribution in [1.29, 1.82) is 0 Å². The third kappa shape index (κ3) is 4.89. The van der Waals surface area contributed by atoms with Crippen LogP contribution in [-0.2, 0) is 16.4 Å². The Morgan fingerprint density at radius 2 is 1.72 bits per heavy atom. The van der Waals surface area contributed by atoms with Crippen LogP contribution < -0.4 is 24.9 Å². The number of carbonyl (C=O) groups is 1. The van der Waals surface area contributed by atoms with Crippen molar-refractivity contribution in [2.75, 3.05) is 24.5 Å². The molecule has 3 N–H and O–H groups in total. The maximum Gasteiger partial charge on any atom is 0.261 e. The van der Waals surface area contributed by atoms with Crippen LogP contribution in [0, 0.1) is 0 Å². The smallest absolute Gasteiger partial charge is 0.261 e. The molecule has 0 atom stereocenters. The molecule has 2 heterocycles. The number of pyridine rings is 1. The molecule has 0 unspecified atom stereocenters. The van der Waals surface area contributed by atoms with Crippen LogP contribution in [0.3, 0.4) is 0 Å². The number of nitrogens with one attached hydrogen (secondary N) is 3. The Bertz CT molecular complexity index is 1600. The topological polar surface area (TPSA) is 127 Å². The summed E-state index contributed by atoms with van der Waals surface area (Å²) in [4.78, 5) is 28.5. The minimum absolute atomic E-state index is 0.0927. The van der Waals surface area contributed by atoms with Gasteiger partial charge in [0.2, 0.25) is 5.43 Å². The quantitative estimate of drug-likeness (QED) is 0.354. The second-order valence-corrected chi connectivity index (χ2v) is 9.88. The Labute approximate surface area is 207 Å². The SMILES string of the molecule is O=C(NCCc1ccccc1)c1c[nH]c2ccc(S(=O)(=O)Nc3ccc4c(c3)OCCO4)cc2c1=O. The molecule has 0 spiro atoms. The number of benzene rings is 3. The van der Waals surface area contributed by atoms with Crippen molar-refractivity contribution < 1.29 is 22.7 Å². The average Bonchev–Trinajstić information content (AvgIpc) is 2.89. The minimum Gasteiger partial charge on any atom is -0.486 e. The maximum absolute atomic E-state index is 13.1. The third-order valence-electron chi connectivity index (χ3n) is 5.74. The molecule has 0 radical (unpaired) electrons. The monoisotopic (exact) mass is 505 g/mol. The van der Waals surface area contributed by atoms with Crippen LogP contribution in [-0.4, -0.2) is 39.1 Å². The van der Waals surface area contributed by atoms with Gasteiger partial charge in [-0.25, -0.2) is 8.42 Å². The van der Waals surface area contributed by atoms with E-state index in [4.69, 9.17) is 9.47 Å². The molecule has 0 aliphatic carbocycles. The molecule has 0 fully saturated rings. The van der Waals surface area contributed by atoms with E-state index < -0.39 is 21.4 Å². The number of H-pyrrole nitrogens is 1. The van der Waals surface area contributed by atoms with Gasteiger partial charge in [-0.3, -0.25) is 14.3 Å². The van der Waals surface area contributed by atoms with Crippen LogP contribution in [0.1, 0.15) is 15.9 Å². The Balaban J connectivity index is 1.37. The largest absolute Gasteiger partial charge is 0.486 e. The summed E-state index contributed by atoms with van der Waals surface area (Å²) < 4.78 is 39.5. The van der Waals surface area contributed by atoms with Gasteiger partial charge in [0.1, 0.15) is 18.8 Å². The van der Waals surface area contributed by atoms with Gasteiger partial charge in [0.25, 0.3) is 15.9 Å². The van der Waals surface area contributed by atoms with E-state index in [1.807, 2.05) is 30.3 Å². The zero-order valence-corrected chi connectivity index (χ0v) is 19.9. The highest BCUT2D eigenvalue weighted by molar-refractivity contribution is 7.92. The number of hydrogen-bond donors (Lipinski definition) is 3. The Morgan fingerprint density at radius 3 is 2.53 bits per heavy atom. The van der Waals surface area contributed by atoms with E-state index >= 15 is 0 Å². The van der Waals surface area contributed by atoms with Gasteiger partial charge < -0.3 is 19.8 Å². The molecule has 9 nitrogen and oxygen atoms in total. The Kier molecular flexibility index (Phi) is 6.34. The molecule has 0 bridgehead atoms. The van der Waals surface area contributed by atoms with Crippen LogP contribution in [0.4, 0.5) is 5.69 Å². The van der Waals surface area contributed by atoms with Gasteiger partial charge in [-0.2, -0.15) is 0 Å². The van der Waals surface area contributed by atoms with Gasteiger partial charge >= 0.3 is 0 Å². The number of fused-ring (bicyclic) bond motifs is 2. The molecule has 1 aliphatic heterocycles. The molecule has 0 saturated heterocycles. The predicted octanol–water partition coefficient (Wildman–Crippen LogP) is 3.07. The van der Waals surface area contributed by atoms with E-state index in [9.17, 15) is 18.0 Å². The van der Waals surface area contributed by atoms with Gasteiger partial charge in [-0.05, 0) is 42.3 Å². The molecule has 0 saturated carbocycles. The fourth-order valence-electron chi connectivity index (χ4n) is 3.91. The van der Waals surface area contributed by atoms with Crippen molar-refractivity contribution in [3.8, 4) is 11.5 Å². The number of anilines is 1. The van der Waals surface area contributed by atoms with Crippen molar-refractivity contribution in [3.05, 3.63) is 94.3 Å². The molecule has 36 heavy (non-hydrogen) atoms. The molecule has 4 aromatic rings. The van der Waals surface area contributed by atoms with Crippen molar-refractivity contribution >= 4 is 32.5 Å². The lowest BCUT2D eigenvalue weighted by molar-refractivity contribution is 0.0953. The summed E-state index contributed by atoms with van der Waals surface area (Å²) in [6.07, 6.45) is 1.95. The van der Waals surface area contributed by atoms with Crippen LogP contribution in [0.2, 0.25) is 0 Å². The van der Waals surface area contributed by atoms with Gasteiger partial charge in [-0.15, -0.1) is 0 Å². The van der Waals surface area contributed by atoms with Gasteiger partial charge in [0.15, 0.2) is 11.5 Å². The first kappa shape index (κ1) is 23.4. The van der Waals surface area contributed by atoms with Gasteiger partial charge in [-0.1, -0.05) is 30.3 Å². The first-order valence-corrected chi connectivity index (χ1v) is 12.8. The first-order chi connectivity index (χ1) is 17.4. The van der Waals surface area contributed by atoms with Crippen molar-refractivity contribution in [2.24, 2.45) is 0 Å². The Hall–Kier alpha value is -4.31. The van der Waals surface area contributed by atoms with Crippen molar-refractivity contribution in [2.45, 2.75) is 11.3 Å². The van der Waals surface area contributed by atoms with Crippen LogP contribution in [0.25, 0.3) is 10.9 Å². The average molecular weight is 506 g/mol. The van der Waals surface area contributed by atoms with E-state index in [2.05, 4.69) is 15.0 Å². The maximum atomic E-state index is 13.1. The second-order valence-electron chi connectivity index (χ2n) is 8.19. The first-order valence-electron chi connectivity index (χ1n) is 11.3. The van der Waals surface area contributed by atoms with Crippen molar-refractivity contribution in [3.63, 3.8) is 0 Å². The molecule has 3 aromatic carbocycles. The predicted molar refractivity (Wildman–Crippen MR) is 135 cm³/mol. The number of amides is 1. The summed E-state index contributed by atoms with van der Waals surface area (Å²) in [5.41, 5.74) is 1.12. The zero-order chi connectivity index (χ0) is 25.1. The summed E-state index contributed by atoms with van der Waals surface area (Å²) in [5, 5.41) is 2.84. The molecular weight excluding hydrogens is 482 g/mol. The lowest BCUT2D eigenvalue weighted by atomic mass is 10.1. The summed E-state index contributed by atoms with van der Waals surface area (Å²) in [7, 11) is -4.03. The number of ether oxygens (including phenoxy) is 2. The lowest BCUT2D eigenvalue weighted by Gasteiger charge is -2.19. The molecular formula is C26H23N3O6S. The lowest BCUT2D eigenvalue weighted by Crippen LogP contribution is -2.30. The van der Waals surface area contributed by atoms with Crippen LogP contribution in [0.5, 0.6) is 11.5 Å². The molecule has 5 rings (SSSR count).